The minimum absolute atomic E-state index is 0.0401. The number of hydrazine groups is 2. The number of nitrogens with one attached hydrogen (secondary N) is 3. The average Bonchev–Trinajstić information content (AvgIpc) is 3.49. The van der Waals surface area contributed by atoms with Crippen molar-refractivity contribution in [2.24, 2.45) is 0 Å². The summed E-state index contributed by atoms with van der Waals surface area (Å²) in [5.41, 5.74) is 11.4. The Balaban J connectivity index is 1.16. The molecule has 0 fully saturated rings. The predicted octanol–water partition coefficient (Wildman–Crippen LogP) is 3.98. The Kier molecular flexibility index (Phi) is 6.66. The van der Waals surface area contributed by atoms with E-state index in [0.717, 1.165) is 22.5 Å². The van der Waals surface area contributed by atoms with E-state index in [1.165, 1.54) is 16.3 Å². The van der Waals surface area contributed by atoms with E-state index in [1.807, 2.05) is 62.4 Å². The van der Waals surface area contributed by atoms with Gasteiger partial charge in [-0.1, -0.05) is 53.6 Å². The van der Waals surface area contributed by atoms with Crippen molar-refractivity contribution >= 4 is 34.8 Å². The summed E-state index contributed by atoms with van der Waals surface area (Å²) in [6, 6.07) is 17.0. The van der Waals surface area contributed by atoms with Gasteiger partial charge in [-0.3, -0.25) is 20.0 Å². The first-order valence-corrected chi connectivity index (χ1v) is 13.0. The molecule has 2 aromatic heterocycles. The zero-order valence-electron chi connectivity index (χ0n) is 21.7. The summed E-state index contributed by atoms with van der Waals surface area (Å²) >= 11 is 6.42. The molecule has 6 rings (SSSR count). The Labute approximate surface area is 235 Å². The van der Waals surface area contributed by atoms with Crippen LogP contribution in [0.4, 0.5) is 11.4 Å². The van der Waals surface area contributed by atoms with Gasteiger partial charge in [0.15, 0.2) is 0 Å². The molecule has 2 aromatic carbocycles. The molecule has 0 radical (unpaired) electrons. The SMILES string of the molecule is Cc1cccc([C@@H](C)NC(=O)CN2Cc3ncc(-c4nc(ON5NNc6ccccc65)ncc4Cl)cc3C2=O)c1. The number of hydrogen-bond acceptors (Lipinski definition) is 9. The fraction of sp³-hybridized carbons (Fsp3) is 0.179. The molecule has 40 heavy (non-hydrogen) atoms. The number of hydrogen-bond donors (Lipinski definition) is 3. The van der Waals surface area contributed by atoms with E-state index in [-0.39, 0.29) is 42.0 Å². The molecule has 12 heteroatoms. The first-order valence-electron chi connectivity index (χ1n) is 12.6. The van der Waals surface area contributed by atoms with Gasteiger partial charge in [0.1, 0.15) is 12.2 Å². The van der Waals surface area contributed by atoms with E-state index in [1.54, 1.807) is 12.3 Å². The van der Waals surface area contributed by atoms with Crippen LogP contribution in [0.1, 0.15) is 40.1 Å². The van der Waals surface area contributed by atoms with Crippen LogP contribution in [-0.4, -0.2) is 38.2 Å². The largest absolute Gasteiger partial charge is 0.348 e. The molecule has 0 bridgehead atoms. The van der Waals surface area contributed by atoms with Gasteiger partial charge in [-0.2, -0.15) is 4.98 Å². The molecule has 1 atom stereocenters. The fourth-order valence-corrected chi connectivity index (χ4v) is 4.85. The Morgan fingerprint density at radius 3 is 2.85 bits per heavy atom. The molecule has 2 aliphatic rings. The first kappa shape index (κ1) is 25.5. The van der Waals surface area contributed by atoms with Gasteiger partial charge in [-0.15, -0.1) is 10.7 Å². The van der Waals surface area contributed by atoms with Crippen LogP contribution in [0.2, 0.25) is 5.02 Å². The minimum atomic E-state index is -0.284. The van der Waals surface area contributed by atoms with Crippen molar-refractivity contribution in [1.29, 1.82) is 0 Å². The monoisotopic (exact) mass is 556 g/mol. The van der Waals surface area contributed by atoms with Crippen molar-refractivity contribution in [1.82, 2.24) is 30.7 Å². The van der Waals surface area contributed by atoms with Crippen molar-refractivity contribution in [3.05, 3.63) is 94.4 Å². The summed E-state index contributed by atoms with van der Waals surface area (Å²) in [5, 5.41) is 4.64. The van der Waals surface area contributed by atoms with Crippen LogP contribution in [0, 0.1) is 6.92 Å². The number of para-hydroxylation sites is 2. The van der Waals surface area contributed by atoms with Crippen LogP contribution in [0.15, 0.2) is 67.0 Å². The third-order valence-electron chi connectivity index (χ3n) is 6.67. The molecule has 0 aliphatic carbocycles. The number of anilines is 2. The van der Waals surface area contributed by atoms with Crippen molar-refractivity contribution in [2.75, 3.05) is 17.1 Å². The smallest absolute Gasteiger partial charge is 0.345 e. The van der Waals surface area contributed by atoms with Crippen molar-refractivity contribution in [2.45, 2.75) is 26.4 Å². The number of pyridine rings is 1. The highest BCUT2D eigenvalue weighted by Gasteiger charge is 2.31. The summed E-state index contributed by atoms with van der Waals surface area (Å²) in [6.45, 7) is 4.08. The highest BCUT2D eigenvalue weighted by Crippen LogP contribution is 2.32. The van der Waals surface area contributed by atoms with Crippen LogP contribution >= 0.6 is 11.6 Å². The van der Waals surface area contributed by atoms with E-state index < -0.39 is 0 Å². The number of rotatable bonds is 7. The molecule has 4 heterocycles. The highest BCUT2D eigenvalue weighted by molar-refractivity contribution is 6.32. The summed E-state index contributed by atoms with van der Waals surface area (Å²) in [4.78, 5) is 46.4. The highest BCUT2D eigenvalue weighted by atomic mass is 35.5. The molecule has 2 aliphatic heterocycles. The second-order valence-electron chi connectivity index (χ2n) is 9.57. The molecule has 0 saturated carbocycles. The summed E-state index contributed by atoms with van der Waals surface area (Å²) in [5.74, 6) is -0.532. The lowest BCUT2D eigenvalue weighted by molar-refractivity contribution is -0.122. The number of benzene rings is 2. The van der Waals surface area contributed by atoms with E-state index in [2.05, 4.69) is 31.2 Å². The number of aryl methyl sites for hydroxylation is 1. The van der Waals surface area contributed by atoms with Gasteiger partial charge in [0.25, 0.3) is 5.91 Å². The lowest BCUT2D eigenvalue weighted by Crippen LogP contribution is -2.39. The number of nitrogens with zero attached hydrogens (tertiary/aromatic N) is 5. The normalized spacial score (nSPS) is 14.4. The molecular formula is C28H25ClN8O3. The minimum Gasteiger partial charge on any atom is -0.348 e. The molecular weight excluding hydrogens is 532 g/mol. The molecule has 2 amide bonds. The molecule has 0 saturated heterocycles. The average molecular weight is 557 g/mol. The van der Waals surface area contributed by atoms with E-state index in [4.69, 9.17) is 16.4 Å². The third-order valence-corrected chi connectivity index (χ3v) is 6.94. The topological polar surface area (TPSA) is 125 Å². The molecule has 3 N–H and O–H groups in total. The Morgan fingerprint density at radius 1 is 1.15 bits per heavy atom. The lowest BCUT2D eigenvalue weighted by Gasteiger charge is -2.19. The molecule has 11 nitrogen and oxygen atoms in total. The molecule has 0 spiro atoms. The number of carbonyl (C=O) groups excluding carboxylic acids is 2. The maximum absolute atomic E-state index is 13.2. The number of fused-ring (bicyclic) bond motifs is 2. The van der Waals surface area contributed by atoms with E-state index >= 15 is 0 Å². The van der Waals surface area contributed by atoms with Crippen LogP contribution in [0.3, 0.4) is 0 Å². The van der Waals surface area contributed by atoms with E-state index in [0.29, 0.717) is 22.5 Å². The zero-order chi connectivity index (χ0) is 27.8. The third kappa shape index (κ3) is 4.99. The Morgan fingerprint density at radius 2 is 2.00 bits per heavy atom. The number of carbonyl (C=O) groups is 2. The van der Waals surface area contributed by atoms with Crippen LogP contribution in [-0.2, 0) is 11.3 Å². The van der Waals surface area contributed by atoms with Gasteiger partial charge in [-0.25, -0.2) is 4.98 Å². The summed E-state index contributed by atoms with van der Waals surface area (Å²) in [7, 11) is 0. The number of aromatic nitrogens is 3. The second kappa shape index (κ2) is 10.4. The van der Waals surface area contributed by atoms with Crippen LogP contribution in [0.25, 0.3) is 11.3 Å². The van der Waals surface area contributed by atoms with Crippen molar-refractivity contribution < 1.29 is 14.4 Å². The van der Waals surface area contributed by atoms with Crippen molar-refractivity contribution in [3.8, 4) is 17.3 Å². The molecule has 4 aromatic rings. The maximum atomic E-state index is 13.2. The van der Waals surface area contributed by atoms with Gasteiger partial charge in [0.2, 0.25) is 5.91 Å². The summed E-state index contributed by atoms with van der Waals surface area (Å²) in [6.07, 6.45) is 3.02. The Hall–Kier alpha value is -4.74. The lowest BCUT2D eigenvalue weighted by atomic mass is 10.1. The van der Waals surface area contributed by atoms with Gasteiger partial charge >= 0.3 is 6.01 Å². The Bertz CT molecular complexity index is 1630. The van der Waals surface area contributed by atoms with Crippen LogP contribution in [0.5, 0.6) is 6.01 Å². The number of halogens is 1. The van der Waals surface area contributed by atoms with E-state index in [9.17, 15) is 9.59 Å². The zero-order valence-corrected chi connectivity index (χ0v) is 22.4. The standard InChI is InChI=1S/C28H25ClN8O3/c1-16-6-5-7-18(10-16)17(2)32-25(38)15-36-14-23-20(27(36)39)11-19(12-30-23)26-21(29)13-31-28(33-26)40-37-24-9-4-3-8-22(24)34-35-37/h3-13,17,34-35H,14-15H2,1-2H3,(H,32,38)/t17-/m1/s1. The second-order valence-corrected chi connectivity index (χ2v) is 9.98. The first-order chi connectivity index (χ1) is 19.4. The van der Waals surface area contributed by atoms with Gasteiger partial charge < -0.3 is 15.1 Å². The summed E-state index contributed by atoms with van der Waals surface area (Å²) < 4.78 is 0. The fourth-order valence-electron chi connectivity index (χ4n) is 4.65. The molecule has 0 unspecified atom stereocenters. The van der Waals surface area contributed by atoms with Gasteiger partial charge in [-0.05, 0) is 37.6 Å². The van der Waals surface area contributed by atoms with Gasteiger partial charge in [0.05, 0.1) is 46.4 Å². The predicted molar refractivity (Wildman–Crippen MR) is 149 cm³/mol. The van der Waals surface area contributed by atoms with Gasteiger partial charge in [0, 0.05) is 11.8 Å². The quantitative estimate of drug-likeness (QED) is 0.310. The number of amides is 2. The van der Waals surface area contributed by atoms with Crippen molar-refractivity contribution in [3.63, 3.8) is 0 Å². The van der Waals surface area contributed by atoms with Crippen LogP contribution < -0.4 is 26.3 Å². The molecule has 202 valence electrons. The maximum Gasteiger partial charge on any atom is 0.345 e.